The fourth-order valence-corrected chi connectivity index (χ4v) is 5.08. The first-order chi connectivity index (χ1) is 14.0. The Labute approximate surface area is 173 Å². The summed E-state index contributed by atoms with van der Waals surface area (Å²) in [5, 5.41) is 9.21. The van der Waals surface area contributed by atoms with Crippen LogP contribution < -0.4 is 4.31 Å². The zero-order valence-electron chi connectivity index (χ0n) is 15.7. The van der Waals surface area contributed by atoms with E-state index in [0.29, 0.717) is 22.1 Å². The summed E-state index contributed by atoms with van der Waals surface area (Å²) in [5.74, 6) is 1.49. The highest BCUT2D eigenvalue weighted by Crippen LogP contribution is 2.40. The molecule has 0 spiro atoms. The second kappa shape index (κ2) is 6.67. The highest BCUT2D eigenvalue weighted by Gasteiger charge is 2.33. The van der Waals surface area contributed by atoms with Gasteiger partial charge in [-0.2, -0.15) is 0 Å². The van der Waals surface area contributed by atoms with Gasteiger partial charge in [0.2, 0.25) is 5.65 Å². The van der Waals surface area contributed by atoms with E-state index in [1.807, 2.05) is 28.7 Å². The summed E-state index contributed by atoms with van der Waals surface area (Å²) in [5.41, 5.74) is 2.02. The third-order valence-electron chi connectivity index (χ3n) is 5.10. The topological polar surface area (TPSA) is 80.5 Å². The Morgan fingerprint density at radius 2 is 1.83 bits per heavy atom. The summed E-state index contributed by atoms with van der Waals surface area (Å²) in [6.07, 6.45) is 2.13. The lowest BCUT2D eigenvalue weighted by atomic mass is 10.3. The standard InChI is InChI=1S/C20H18ClN5O2S/c1-2-25(29(27,28)15-11-9-14(21)10-12-15)19-20-24-23-18(13-7-8-13)26(20)17-6-4-3-5-16(17)22-19/h3-6,9-13H,2,7-8H2,1H3. The van der Waals surface area contributed by atoms with E-state index in [1.54, 1.807) is 19.1 Å². The SMILES string of the molecule is CCN(c1nc2ccccc2n2c(C3CC3)nnc12)S(=O)(=O)c1ccc(Cl)cc1. The van der Waals surface area contributed by atoms with E-state index in [0.717, 1.165) is 24.2 Å². The molecule has 0 amide bonds. The van der Waals surface area contributed by atoms with Crippen LogP contribution in [0.25, 0.3) is 16.7 Å². The molecule has 0 N–H and O–H groups in total. The largest absolute Gasteiger partial charge is 0.274 e. The normalized spacial score (nSPS) is 14.6. The van der Waals surface area contributed by atoms with E-state index < -0.39 is 10.0 Å². The molecular formula is C20H18ClN5O2S. The quantitative estimate of drug-likeness (QED) is 0.480. The van der Waals surface area contributed by atoms with Gasteiger partial charge < -0.3 is 0 Å². The molecule has 0 unspecified atom stereocenters. The van der Waals surface area contributed by atoms with Crippen LogP contribution in [0.2, 0.25) is 5.02 Å². The van der Waals surface area contributed by atoms with E-state index in [-0.39, 0.29) is 17.3 Å². The van der Waals surface area contributed by atoms with Crippen LogP contribution in [-0.2, 0) is 10.0 Å². The van der Waals surface area contributed by atoms with Crippen molar-refractivity contribution >= 4 is 44.1 Å². The van der Waals surface area contributed by atoms with Gasteiger partial charge in [-0.15, -0.1) is 10.2 Å². The van der Waals surface area contributed by atoms with Crippen molar-refractivity contribution in [1.82, 2.24) is 19.6 Å². The first-order valence-electron chi connectivity index (χ1n) is 9.43. The van der Waals surface area contributed by atoms with Crippen molar-refractivity contribution in [1.29, 1.82) is 0 Å². The minimum absolute atomic E-state index is 0.152. The number of benzene rings is 2. The average molecular weight is 428 g/mol. The summed E-state index contributed by atoms with van der Waals surface area (Å²) in [6.45, 7) is 1.98. The second-order valence-electron chi connectivity index (χ2n) is 7.04. The van der Waals surface area contributed by atoms with Crippen molar-refractivity contribution in [2.45, 2.75) is 30.6 Å². The average Bonchev–Trinajstić information content (AvgIpc) is 3.46. The number of hydrogen-bond donors (Lipinski definition) is 0. The van der Waals surface area contributed by atoms with Gasteiger partial charge in [-0.1, -0.05) is 23.7 Å². The fourth-order valence-electron chi connectivity index (χ4n) is 3.53. The smallest absolute Gasteiger partial charge is 0.265 e. The van der Waals surface area contributed by atoms with E-state index in [4.69, 9.17) is 11.6 Å². The molecule has 2 aromatic heterocycles. The van der Waals surface area contributed by atoms with Gasteiger partial charge in [-0.25, -0.2) is 17.7 Å². The lowest BCUT2D eigenvalue weighted by Gasteiger charge is -2.22. The van der Waals surface area contributed by atoms with Gasteiger partial charge >= 0.3 is 0 Å². The van der Waals surface area contributed by atoms with E-state index >= 15 is 0 Å². The first-order valence-corrected chi connectivity index (χ1v) is 11.2. The molecule has 148 valence electrons. The van der Waals surface area contributed by atoms with Crippen molar-refractivity contribution in [3.8, 4) is 0 Å². The van der Waals surface area contributed by atoms with Gasteiger partial charge in [0.25, 0.3) is 10.0 Å². The van der Waals surface area contributed by atoms with E-state index in [9.17, 15) is 8.42 Å². The minimum atomic E-state index is -3.85. The van der Waals surface area contributed by atoms with Crippen LogP contribution in [-0.4, -0.2) is 34.5 Å². The maximum Gasteiger partial charge on any atom is 0.265 e. The monoisotopic (exact) mass is 427 g/mol. The second-order valence-corrected chi connectivity index (χ2v) is 9.34. The van der Waals surface area contributed by atoms with E-state index in [2.05, 4.69) is 15.2 Å². The number of aromatic nitrogens is 4. The molecular weight excluding hydrogens is 410 g/mol. The summed E-state index contributed by atoms with van der Waals surface area (Å²) >= 11 is 5.93. The number of anilines is 1. The van der Waals surface area contributed by atoms with Crippen LogP contribution in [0.5, 0.6) is 0 Å². The van der Waals surface area contributed by atoms with Gasteiger partial charge in [0.15, 0.2) is 5.82 Å². The minimum Gasteiger partial charge on any atom is -0.274 e. The van der Waals surface area contributed by atoms with Crippen molar-refractivity contribution in [2.24, 2.45) is 0 Å². The van der Waals surface area contributed by atoms with E-state index in [1.165, 1.54) is 16.4 Å². The molecule has 9 heteroatoms. The molecule has 0 saturated heterocycles. The predicted octanol–water partition coefficient (Wildman–Crippen LogP) is 4.02. The molecule has 7 nitrogen and oxygen atoms in total. The number of rotatable bonds is 5. The summed E-state index contributed by atoms with van der Waals surface area (Å²) in [4.78, 5) is 4.83. The highest BCUT2D eigenvalue weighted by atomic mass is 35.5. The van der Waals surface area contributed by atoms with Crippen molar-refractivity contribution < 1.29 is 8.42 Å². The number of sulfonamides is 1. The summed E-state index contributed by atoms with van der Waals surface area (Å²) < 4.78 is 30.0. The molecule has 29 heavy (non-hydrogen) atoms. The Morgan fingerprint density at radius 1 is 1.10 bits per heavy atom. The third-order valence-corrected chi connectivity index (χ3v) is 7.24. The Kier molecular flexibility index (Phi) is 4.22. The number of nitrogens with zero attached hydrogens (tertiary/aromatic N) is 5. The molecule has 0 atom stereocenters. The Balaban J connectivity index is 1.77. The summed E-state index contributed by atoms with van der Waals surface area (Å²) in [6, 6.07) is 13.8. The van der Waals surface area contributed by atoms with Crippen molar-refractivity contribution in [3.05, 3.63) is 59.4 Å². The zero-order valence-corrected chi connectivity index (χ0v) is 17.2. The molecule has 1 saturated carbocycles. The van der Waals surface area contributed by atoms with Crippen LogP contribution in [0.3, 0.4) is 0 Å². The van der Waals surface area contributed by atoms with Gasteiger partial charge in [0.05, 0.1) is 15.9 Å². The lowest BCUT2D eigenvalue weighted by Crippen LogP contribution is -2.32. The first kappa shape index (κ1) is 18.3. The Hall–Kier alpha value is -2.71. The van der Waals surface area contributed by atoms with Crippen molar-refractivity contribution in [3.63, 3.8) is 0 Å². The number of fused-ring (bicyclic) bond motifs is 3. The molecule has 0 radical (unpaired) electrons. The molecule has 5 rings (SSSR count). The molecule has 1 fully saturated rings. The molecule has 1 aliphatic carbocycles. The molecule has 0 aliphatic heterocycles. The molecule has 2 heterocycles. The number of para-hydroxylation sites is 2. The molecule has 0 bridgehead atoms. The molecule has 2 aromatic carbocycles. The van der Waals surface area contributed by atoms with Gasteiger partial charge in [0.1, 0.15) is 5.82 Å². The Morgan fingerprint density at radius 3 is 2.52 bits per heavy atom. The summed E-state index contributed by atoms with van der Waals surface area (Å²) in [7, 11) is -3.85. The molecule has 4 aromatic rings. The maximum atomic E-state index is 13.4. The van der Waals surface area contributed by atoms with Crippen LogP contribution >= 0.6 is 11.6 Å². The fraction of sp³-hybridized carbons (Fsp3) is 0.250. The maximum absolute atomic E-state index is 13.4. The number of halogens is 1. The highest BCUT2D eigenvalue weighted by molar-refractivity contribution is 7.92. The number of hydrogen-bond acceptors (Lipinski definition) is 5. The van der Waals surface area contributed by atoms with Gasteiger partial charge in [-0.3, -0.25) is 4.40 Å². The van der Waals surface area contributed by atoms with Crippen LogP contribution in [0, 0.1) is 0 Å². The van der Waals surface area contributed by atoms with Gasteiger partial charge in [-0.05, 0) is 56.2 Å². The molecule has 1 aliphatic rings. The zero-order chi connectivity index (χ0) is 20.2. The third kappa shape index (κ3) is 2.94. The van der Waals surface area contributed by atoms with Gasteiger partial charge in [0, 0.05) is 17.5 Å². The van der Waals surface area contributed by atoms with Crippen LogP contribution in [0.1, 0.15) is 31.5 Å². The Bertz CT molecular complexity index is 1330. The van der Waals surface area contributed by atoms with Crippen molar-refractivity contribution in [2.75, 3.05) is 10.8 Å². The van der Waals surface area contributed by atoms with Crippen LogP contribution in [0.4, 0.5) is 5.82 Å². The lowest BCUT2D eigenvalue weighted by molar-refractivity contribution is 0.591. The van der Waals surface area contributed by atoms with Crippen LogP contribution in [0.15, 0.2) is 53.4 Å². The predicted molar refractivity (Wildman–Crippen MR) is 112 cm³/mol.